The van der Waals surface area contributed by atoms with Crippen LogP contribution >= 0.6 is 11.6 Å². The van der Waals surface area contributed by atoms with E-state index in [1.165, 1.54) is 6.07 Å². The zero-order valence-electron chi connectivity index (χ0n) is 9.89. The number of alkyl halides is 1. The number of rotatable bonds is 6. The Bertz CT molecular complexity index is 462. The Kier molecular flexibility index (Phi) is 5.21. The number of pyridine rings is 1. The second-order valence-corrected chi connectivity index (χ2v) is 6.08. The van der Waals surface area contributed by atoms with Crippen molar-refractivity contribution in [3.8, 4) is 5.88 Å². The average Bonchev–Trinajstić information content (AvgIpc) is 2.29. The van der Waals surface area contributed by atoms with Crippen LogP contribution in [-0.4, -0.2) is 31.6 Å². The Hall–Kier alpha value is -0.810. The second-order valence-electron chi connectivity index (χ2n) is 3.79. The van der Waals surface area contributed by atoms with Gasteiger partial charge in [0.05, 0.1) is 12.4 Å². The minimum absolute atomic E-state index is 0.000914. The van der Waals surface area contributed by atoms with Crippen LogP contribution in [-0.2, 0) is 9.84 Å². The van der Waals surface area contributed by atoms with E-state index >= 15 is 0 Å². The summed E-state index contributed by atoms with van der Waals surface area (Å²) in [6.45, 7) is 4.06. The molecule has 1 heterocycles. The molecule has 0 N–H and O–H groups in total. The molecule has 1 aromatic heterocycles. The molecule has 0 saturated carbocycles. The van der Waals surface area contributed by atoms with Crippen molar-refractivity contribution in [3.63, 3.8) is 0 Å². The third-order valence-electron chi connectivity index (χ3n) is 2.08. The van der Waals surface area contributed by atoms with Gasteiger partial charge in [-0.05, 0) is 18.9 Å². The van der Waals surface area contributed by atoms with Crippen LogP contribution in [0.1, 0.15) is 13.8 Å². The van der Waals surface area contributed by atoms with E-state index in [1.54, 1.807) is 19.1 Å². The first kappa shape index (κ1) is 14.3. The van der Waals surface area contributed by atoms with Crippen molar-refractivity contribution in [2.24, 2.45) is 5.92 Å². The van der Waals surface area contributed by atoms with Crippen LogP contribution in [0.3, 0.4) is 0 Å². The van der Waals surface area contributed by atoms with Gasteiger partial charge >= 0.3 is 0 Å². The molecule has 0 aliphatic heterocycles. The van der Waals surface area contributed by atoms with Gasteiger partial charge in [0, 0.05) is 11.9 Å². The maximum Gasteiger partial charge on any atom is 0.214 e. The number of hydrogen-bond acceptors (Lipinski definition) is 4. The highest BCUT2D eigenvalue weighted by Crippen LogP contribution is 2.16. The van der Waals surface area contributed by atoms with E-state index in [4.69, 9.17) is 16.3 Å². The predicted molar refractivity (Wildman–Crippen MR) is 67.3 cm³/mol. The van der Waals surface area contributed by atoms with Gasteiger partial charge in [-0.2, -0.15) is 0 Å². The van der Waals surface area contributed by atoms with Crippen LogP contribution in [0.25, 0.3) is 0 Å². The summed E-state index contributed by atoms with van der Waals surface area (Å²) in [5.41, 5.74) is 0. The first-order valence-corrected chi connectivity index (χ1v) is 7.57. The smallest absolute Gasteiger partial charge is 0.214 e. The summed E-state index contributed by atoms with van der Waals surface area (Å²) in [7, 11) is -3.39. The quantitative estimate of drug-likeness (QED) is 0.748. The van der Waals surface area contributed by atoms with Gasteiger partial charge in [-0.25, -0.2) is 13.4 Å². The Morgan fingerprint density at radius 3 is 2.76 bits per heavy atom. The van der Waals surface area contributed by atoms with Crippen LogP contribution in [0.15, 0.2) is 23.2 Å². The fourth-order valence-electron chi connectivity index (χ4n) is 1.30. The largest absolute Gasteiger partial charge is 0.478 e. The van der Waals surface area contributed by atoms with Gasteiger partial charge in [0.1, 0.15) is 0 Å². The van der Waals surface area contributed by atoms with E-state index in [2.05, 4.69) is 4.98 Å². The van der Waals surface area contributed by atoms with Crippen molar-refractivity contribution in [2.75, 3.05) is 18.2 Å². The monoisotopic (exact) mass is 277 g/mol. The molecule has 6 heteroatoms. The average molecular weight is 278 g/mol. The summed E-state index contributed by atoms with van der Waals surface area (Å²) < 4.78 is 29.1. The van der Waals surface area contributed by atoms with Gasteiger partial charge in [0.15, 0.2) is 14.9 Å². The summed E-state index contributed by atoms with van der Waals surface area (Å²) in [5.74, 6) is 0.537. The fourth-order valence-corrected chi connectivity index (χ4v) is 3.09. The highest BCUT2D eigenvalue weighted by atomic mass is 35.5. The van der Waals surface area contributed by atoms with Gasteiger partial charge in [-0.15, -0.1) is 11.6 Å². The molecule has 0 amide bonds. The van der Waals surface area contributed by atoms with Crippen LogP contribution in [0.2, 0.25) is 0 Å². The summed E-state index contributed by atoms with van der Waals surface area (Å²) in [6.07, 6.45) is 0. The SMILES string of the molecule is CCOc1cccc(S(=O)(=O)CC(C)CCl)n1. The fraction of sp³-hybridized carbons (Fsp3) is 0.545. The minimum atomic E-state index is -3.39. The molecule has 96 valence electrons. The lowest BCUT2D eigenvalue weighted by molar-refractivity contribution is 0.324. The summed E-state index contributed by atoms with van der Waals surface area (Å²) in [4.78, 5) is 3.97. The molecule has 0 aliphatic rings. The van der Waals surface area contributed by atoms with Gasteiger partial charge in [-0.1, -0.05) is 13.0 Å². The standard InChI is InChI=1S/C11H16ClNO3S/c1-3-16-10-5-4-6-11(13-10)17(14,15)8-9(2)7-12/h4-6,9H,3,7-8H2,1-2H3. The van der Waals surface area contributed by atoms with E-state index < -0.39 is 9.84 Å². The third kappa shape index (κ3) is 4.16. The van der Waals surface area contributed by atoms with Crippen molar-refractivity contribution in [1.82, 2.24) is 4.98 Å². The molecule has 0 spiro atoms. The Morgan fingerprint density at radius 2 is 2.18 bits per heavy atom. The number of ether oxygens (including phenoxy) is 1. The molecule has 1 unspecified atom stereocenters. The molecule has 0 aliphatic carbocycles. The molecule has 0 radical (unpaired) electrons. The van der Waals surface area contributed by atoms with Gasteiger partial charge in [0.25, 0.3) is 0 Å². The molecule has 0 bridgehead atoms. The lowest BCUT2D eigenvalue weighted by atomic mass is 10.3. The molecule has 1 rings (SSSR count). The lowest BCUT2D eigenvalue weighted by Gasteiger charge is -2.09. The number of sulfone groups is 1. The summed E-state index contributed by atoms with van der Waals surface area (Å²) >= 11 is 5.62. The van der Waals surface area contributed by atoms with Gasteiger partial charge in [-0.3, -0.25) is 0 Å². The molecular formula is C11H16ClNO3S. The highest BCUT2D eigenvalue weighted by Gasteiger charge is 2.20. The van der Waals surface area contributed by atoms with Gasteiger partial charge in [0.2, 0.25) is 5.88 Å². The molecule has 1 atom stereocenters. The topological polar surface area (TPSA) is 56.3 Å². The Balaban J connectivity index is 2.94. The number of nitrogens with zero attached hydrogens (tertiary/aromatic N) is 1. The second kappa shape index (κ2) is 6.21. The molecule has 0 fully saturated rings. The number of hydrogen-bond donors (Lipinski definition) is 0. The van der Waals surface area contributed by atoms with E-state index in [0.29, 0.717) is 18.4 Å². The maximum absolute atomic E-state index is 12.0. The first-order chi connectivity index (χ1) is 7.99. The maximum atomic E-state index is 12.0. The molecule has 0 aromatic carbocycles. The zero-order chi connectivity index (χ0) is 12.9. The van der Waals surface area contributed by atoms with Crippen molar-refractivity contribution < 1.29 is 13.2 Å². The van der Waals surface area contributed by atoms with Crippen molar-refractivity contribution in [2.45, 2.75) is 18.9 Å². The van der Waals surface area contributed by atoms with Crippen molar-refractivity contribution in [1.29, 1.82) is 0 Å². The molecule has 17 heavy (non-hydrogen) atoms. The summed E-state index contributed by atoms with van der Waals surface area (Å²) in [5, 5.41) is 0.0421. The van der Waals surface area contributed by atoms with Crippen LogP contribution in [0.5, 0.6) is 5.88 Å². The highest BCUT2D eigenvalue weighted by molar-refractivity contribution is 7.91. The number of aromatic nitrogens is 1. The van der Waals surface area contributed by atoms with E-state index in [-0.39, 0.29) is 16.7 Å². The van der Waals surface area contributed by atoms with Crippen molar-refractivity contribution >= 4 is 21.4 Å². The molecule has 4 nitrogen and oxygen atoms in total. The summed E-state index contributed by atoms with van der Waals surface area (Å²) in [6, 6.07) is 4.72. The van der Waals surface area contributed by atoms with Crippen LogP contribution in [0, 0.1) is 5.92 Å². The normalized spacial score (nSPS) is 13.4. The van der Waals surface area contributed by atoms with Crippen LogP contribution < -0.4 is 4.74 Å². The zero-order valence-corrected chi connectivity index (χ0v) is 11.5. The van der Waals surface area contributed by atoms with E-state index in [9.17, 15) is 8.42 Å². The predicted octanol–water partition coefficient (Wildman–Crippen LogP) is 2.13. The lowest BCUT2D eigenvalue weighted by Crippen LogP contribution is -2.16. The first-order valence-electron chi connectivity index (χ1n) is 5.38. The molecule has 1 aromatic rings. The Morgan fingerprint density at radius 1 is 1.47 bits per heavy atom. The molecule has 0 saturated heterocycles. The number of halogens is 1. The van der Waals surface area contributed by atoms with E-state index in [0.717, 1.165) is 0 Å². The minimum Gasteiger partial charge on any atom is -0.478 e. The van der Waals surface area contributed by atoms with Gasteiger partial charge < -0.3 is 4.74 Å². The van der Waals surface area contributed by atoms with E-state index in [1.807, 2.05) is 6.92 Å². The third-order valence-corrected chi connectivity index (χ3v) is 4.48. The van der Waals surface area contributed by atoms with Crippen LogP contribution in [0.4, 0.5) is 0 Å². The molecular weight excluding hydrogens is 262 g/mol. The van der Waals surface area contributed by atoms with Crippen molar-refractivity contribution in [3.05, 3.63) is 18.2 Å². The Labute approximate surface area is 107 Å².